The first-order chi connectivity index (χ1) is 11.4. The Labute approximate surface area is 143 Å². The Bertz CT molecular complexity index is 604. The maximum absolute atomic E-state index is 12.5. The van der Waals surface area contributed by atoms with Gasteiger partial charge in [-0.2, -0.15) is 0 Å². The largest absolute Gasteiger partial charge is 0.476 e. The maximum atomic E-state index is 12.5. The van der Waals surface area contributed by atoms with Gasteiger partial charge in [0, 0.05) is 5.92 Å². The zero-order chi connectivity index (χ0) is 17.3. The number of aliphatic hydroxyl groups excluding tert-OH is 1. The van der Waals surface area contributed by atoms with Crippen LogP contribution in [0.15, 0.2) is 6.20 Å². The molecular weight excluding hydrogens is 306 g/mol. The van der Waals surface area contributed by atoms with Crippen LogP contribution in [0, 0.1) is 11.3 Å². The molecule has 0 spiro atoms. The van der Waals surface area contributed by atoms with E-state index in [-0.39, 0.29) is 29.7 Å². The van der Waals surface area contributed by atoms with E-state index in [4.69, 9.17) is 4.74 Å². The number of hydrogen-bond acceptors (Lipinski definition) is 5. The topological polar surface area (TPSA) is 84.3 Å². The van der Waals surface area contributed by atoms with E-state index in [1.54, 1.807) is 0 Å². The molecule has 0 aromatic carbocycles. The van der Waals surface area contributed by atoms with Crippen LogP contribution in [-0.2, 0) is 0 Å². The van der Waals surface area contributed by atoms with Crippen molar-refractivity contribution in [3.8, 4) is 5.88 Å². The number of carbonyl (C=O) groups excluding carboxylic acids is 1. The number of carbonyl (C=O) groups is 1. The number of aromatic nitrogens is 2. The highest BCUT2D eigenvalue weighted by atomic mass is 16.5. The molecule has 1 aromatic rings. The van der Waals surface area contributed by atoms with Crippen LogP contribution in [0.3, 0.4) is 0 Å². The molecule has 6 nitrogen and oxygen atoms in total. The Morgan fingerprint density at radius 3 is 2.62 bits per heavy atom. The second-order valence-electron chi connectivity index (χ2n) is 8.05. The lowest BCUT2D eigenvalue weighted by molar-refractivity contribution is 0.0841. The molecule has 132 valence electrons. The molecule has 1 aromatic heterocycles. The molecule has 6 heteroatoms. The van der Waals surface area contributed by atoms with Gasteiger partial charge < -0.3 is 15.2 Å². The van der Waals surface area contributed by atoms with E-state index < -0.39 is 0 Å². The highest BCUT2D eigenvalue weighted by Gasteiger charge is 2.32. The molecule has 1 atom stereocenters. The minimum Gasteiger partial charge on any atom is -0.476 e. The van der Waals surface area contributed by atoms with Gasteiger partial charge >= 0.3 is 0 Å². The monoisotopic (exact) mass is 333 g/mol. The molecule has 2 N–H and O–H groups in total. The SMILES string of the molecule is CC(C)(C)C(CO)NC(=O)c1cnc(C2CC2)c(OCC2CC2)n1. The van der Waals surface area contributed by atoms with Crippen LogP contribution in [0.25, 0.3) is 0 Å². The minimum atomic E-state index is -0.342. The van der Waals surface area contributed by atoms with Crippen molar-refractivity contribution in [3.63, 3.8) is 0 Å². The van der Waals surface area contributed by atoms with Crippen molar-refractivity contribution >= 4 is 5.91 Å². The van der Waals surface area contributed by atoms with Crippen molar-refractivity contribution in [1.29, 1.82) is 0 Å². The van der Waals surface area contributed by atoms with E-state index in [1.165, 1.54) is 19.0 Å². The number of nitrogens with zero attached hydrogens (tertiary/aromatic N) is 2. The second-order valence-corrected chi connectivity index (χ2v) is 8.05. The quantitative estimate of drug-likeness (QED) is 0.800. The van der Waals surface area contributed by atoms with Crippen molar-refractivity contribution in [2.75, 3.05) is 13.2 Å². The molecule has 0 bridgehead atoms. The fraction of sp³-hybridized carbons (Fsp3) is 0.722. The molecule has 1 heterocycles. The summed E-state index contributed by atoms with van der Waals surface area (Å²) in [4.78, 5) is 21.3. The van der Waals surface area contributed by atoms with E-state index in [0.717, 1.165) is 18.5 Å². The Morgan fingerprint density at radius 1 is 1.38 bits per heavy atom. The molecule has 2 aliphatic rings. The van der Waals surface area contributed by atoms with Gasteiger partial charge in [0.1, 0.15) is 11.4 Å². The molecule has 3 rings (SSSR count). The Balaban J connectivity index is 1.74. The summed E-state index contributed by atoms with van der Waals surface area (Å²) in [5.41, 5.74) is 0.881. The van der Waals surface area contributed by atoms with Gasteiger partial charge in [0.25, 0.3) is 5.91 Å². The lowest BCUT2D eigenvalue weighted by Crippen LogP contribution is -2.46. The number of amides is 1. The number of nitrogens with one attached hydrogen (secondary N) is 1. The third-order valence-corrected chi connectivity index (χ3v) is 4.65. The fourth-order valence-corrected chi connectivity index (χ4v) is 2.48. The predicted octanol–water partition coefficient (Wildman–Crippen LogP) is 2.28. The molecule has 0 radical (unpaired) electrons. The summed E-state index contributed by atoms with van der Waals surface area (Å²) in [7, 11) is 0. The van der Waals surface area contributed by atoms with Crippen LogP contribution in [-0.4, -0.2) is 40.2 Å². The molecule has 0 aliphatic heterocycles. The van der Waals surface area contributed by atoms with Gasteiger partial charge in [-0.3, -0.25) is 9.78 Å². The molecule has 1 amide bonds. The van der Waals surface area contributed by atoms with E-state index in [9.17, 15) is 9.90 Å². The molecule has 2 fully saturated rings. The van der Waals surface area contributed by atoms with Crippen molar-refractivity contribution in [1.82, 2.24) is 15.3 Å². The lowest BCUT2D eigenvalue weighted by atomic mass is 9.87. The Kier molecular flexibility index (Phi) is 4.76. The molecule has 2 saturated carbocycles. The normalized spacial score (nSPS) is 19.0. The number of aliphatic hydroxyl groups is 1. The summed E-state index contributed by atoms with van der Waals surface area (Å²) in [5.74, 6) is 1.23. The van der Waals surface area contributed by atoms with E-state index in [0.29, 0.717) is 24.3 Å². The molecule has 0 saturated heterocycles. The Morgan fingerprint density at radius 2 is 2.08 bits per heavy atom. The van der Waals surface area contributed by atoms with E-state index >= 15 is 0 Å². The van der Waals surface area contributed by atoms with Crippen molar-refractivity contribution in [2.45, 2.75) is 58.4 Å². The third-order valence-electron chi connectivity index (χ3n) is 4.65. The number of ether oxygens (including phenoxy) is 1. The molecule has 24 heavy (non-hydrogen) atoms. The van der Waals surface area contributed by atoms with E-state index in [1.807, 2.05) is 20.8 Å². The highest BCUT2D eigenvalue weighted by molar-refractivity contribution is 5.92. The third kappa shape index (κ3) is 4.23. The van der Waals surface area contributed by atoms with Crippen LogP contribution in [0.2, 0.25) is 0 Å². The van der Waals surface area contributed by atoms with E-state index in [2.05, 4.69) is 15.3 Å². The van der Waals surface area contributed by atoms with Crippen LogP contribution in [0.1, 0.15) is 68.6 Å². The summed E-state index contributed by atoms with van der Waals surface area (Å²) >= 11 is 0. The smallest absolute Gasteiger partial charge is 0.271 e. The lowest BCUT2D eigenvalue weighted by Gasteiger charge is -2.29. The second kappa shape index (κ2) is 6.67. The van der Waals surface area contributed by atoms with Gasteiger partial charge in [0.2, 0.25) is 5.88 Å². The predicted molar refractivity (Wildman–Crippen MR) is 90.0 cm³/mol. The van der Waals surface area contributed by atoms with Gasteiger partial charge in [-0.1, -0.05) is 20.8 Å². The summed E-state index contributed by atoms with van der Waals surface area (Å²) < 4.78 is 5.85. The summed E-state index contributed by atoms with van der Waals surface area (Å²) in [6, 6.07) is -0.342. The highest BCUT2D eigenvalue weighted by Crippen LogP contribution is 2.42. The fourth-order valence-electron chi connectivity index (χ4n) is 2.48. The van der Waals surface area contributed by atoms with Crippen LogP contribution < -0.4 is 10.1 Å². The van der Waals surface area contributed by atoms with Crippen molar-refractivity contribution in [2.24, 2.45) is 11.3 Å². The summed E-state index contributed by atoms with van der Waals surface area (Å²) in [5, 5.41) is 12.4. The summed E-state index contributed by atoms with van der Waals surface area (Å²) in [6.07, 6.45) is 6.14. The summed E-state index contributed by atoms with van der Waals surface area (Å²) in [6.45, 7) is 6.45. The van der Waals surface area contributed by atoms with Gasteiger partial charge in [-0.25, -0.2) is 4.98 Å². The van der Waals surface area contributed by atoms with Gasteiger partial charge in [-0.15, -0.1) is 0 Å². The van der Waals surface area contributed by atoms with Crippen molar-refractivity contribution in [3.05, 3.63) is 17.6 Å². The van der Waals surface area contributed by atoms with Crippen LogP contribution in [0.5, 0.6) is 5.88 Å². The molecule has 1 unspecified atom stereocenters. The standard InChI is InChI=1S/C18H27N3O3/c1-18(2,3)14(9-22)21-16(23)13-8-19-15(12-6-7-12)17(20-13)24-10-11-4-5-11/h8,11-12,14,22H,4-7,9-10H2,1-3H3,(H,21,23). The minimum absolute atomic E-state index is 0.117. The first kappa shape index (κ1) is 17.1. The van der Waals surface area contributed by atoms with Crippen LogP contribution in [0.4, 0.5) is 0 Å². The molecule has 2 aliphatic carbocycles. The number of hydrogen-bond donors (Lipinski definition) is 2. The Hall–Kier alpha value is -1.69. The maximum Gasteiger partial charge on any atom is 0.271 e. The molecular formula is C18H27N3O3. The van der Waals surface area contributed by atoms with Crippen molar-refractivity contribution < 1.29 is 14.6 Å². The first-order valence-electron chi connectivity index (χ1n) is 8.80. The van der Waals surface area contributed by atoms with Gasteiger partial charge in [0.05, 0.1) is 25.5 Å². The number of rotatable bonds is 7. The first-order valence-corrected chi connectivity index (χ1v) is 8.80. The average molecular weight is 333 g/mol. The average Bonchev–Trinajstić information content (AvgIpc) is 3.42. The zero-order valence-electron chi connectivity index (χ0n) is 14.7. The van der Waals surface area contributed by atoms with Gasteiger partial charge in [-0.05, 0) is 37.0 Å². The zero-order valence-corrected chi connectivity index (χ0v) is 14.7. The van der Waals surface area contributed by atoms with Crippen LogP contribution >= 0.6 is 0 Å². The van der Waals surface area contributed by atoms with Gasteiger partial charge in [0.15, 0.2) is 0 Å².